The molecule has 0 saturated heterocycles. The van der Waals surface area contributed by atoms with Crippen molar-refractivity contribution in [3.8, 4) is 0 Å². The van der Waals surface area contributed by atoms with Crippen LogP contribution >= 0.6 is 0 Å². The van der Waals surface area contributed by atoms with Crippen molar-refractivity contribution in [2.24, 2.45) is 0 Å². The Kier molecular flexibility index (Phi) is 10.5. The molecule has 0 bridgehead atoms. The first kappa shape index (κ1) is 23.7. The average Bonchev–Trinajstić information content (AvgIpc) is 2.52. The van der Waals surface area contributed by atoms with Crippen LogP contribution in [0.5, 0.6) is 0 Å². The predicted molar refractivity (Wildman–Crippen MR) is 87.7 cm³/mol. The molecule has 8 heteroatoms. The van der Waals surface area contributed by atoms with Crippen molar-refractivity contribution in [3.63, 3.8) is 0 Å². The molecule has 2 N–H and O–H groups in total. The second kappa shape index (κ2) is 10.6. The molecule has 0 amide bonds. The van der Waals surface area contributed by atoms with Crippen LogP contribution in [-0.4, -0.2) is 27.1 Å². The zero-order valence-electron chi connectivity index (χ0n) is 14.3. The summed E-state index contributed by atoms with van der Waals surface area (Å²) in [6, 6.07) is 13.2. The van der Waals surface area contributed by atoms with E-state index in [1.54, 1.807) is 37.4 Å². The molecule has 0 spiro atoms. The maximum Gasteiger partial charge on any atom is 1.00 e. The molecular formula is C16H16N2Na2O3S. The van der Waals surface area contributed by atoms with Gasteiger partial charge in [0.2, 0.25) is 0 Å². The summed E-state index contributed by atoms with van der Waals surface area (Å²) in [5.74, 6) is 0. The third-order valence-electron chi connectivity index (χ3n) is 3.14. The van der Waals surface area contributed by atoms with Gasteiger partial charge >= 0.3 is 59.1 Å². The van der Waals surface area contributed by atoms with E-state index >= 15 is 0 Å². The third-order valence-corrected chi connectivity index (χ3v) is 4.03. The molecule has 2 aromatic rings. The minimum absolute atomic E-state index is 0. The molecule has 2 aromatic carbocycles. The molecule has 0 saturated carbocycles. The maximum absolute atomic E-state index is 11.4. The van der Waals surface area contributed by atoms with Crippen LogP contribution < -0.4 is 69.7 Å². The first-order valence-electron chi connectivity index (χ1n) is 6.59. The molecule has 0 heterocycles. The molecule has 116 valence electrons. The van der Waals surface area contributed by atoms with Crippen LogP contribution in [-0.2, 0) is 10.1 Å². The largest absolute Gasteiger partial charge is 1.00 e. The second-order valence-corrected chi connectivity index (χ2v) is 5.92. The summed E-state index contributed by atoms with van der Waals surface area (Å²) in [4.78, 5) is -0.248. The minimum Gasteiger partial charge on any atom is -0.744 e. The number of rotatable bonds is 5. The molecule has 0 aliphatic heterocycles. The Morgan fingerprint density at radius 2 is 1.62 bits per heavy atom. The fraction of sp³-hybridized carbons (Fsp3) is 0.125. The van der Waals surface area contributed by atoms with Crippen LogP contribution in [0.3, 0.4) is 0 Å². The van der Waals surface area contributed by atoms with Crippen molar-refractivity contribution in [3.05, 3.63) is 53.6 Å². The van der Waals surface area contributed by atoms with Crippen LogP contribution in [0.4, 0.5) is 11.4 Å². The average molecular weight is 362 g/mol. The summed E-state index contributed by atoms with van der Waals surface area (Å²) in [7, 11) is -1.07. The van der Waals surface area contributed by atoms with Gasteiger partial charge in [-0.25, -0.2) is 8.42 Å². The Morgan fingerprint density at radius 3 is 2.12 bits per heavy atom. The Hall–Kier alpha value is -0.310. The normalized spacial score (nSPS) is 10.6. The van der Waals surface area contributed by atoms with Crippen LogP contribution in [0.1, 0.15) is 11.1 Å². The Balaban J connectivity index is 0.00000264. The molecule has 2 rings (SSSR count). The van der Waals surface area contributed by atoms with E-state index in [0.29, 0.717) is 11.3 Å². The van der Waals surface area contributed by atoms with Crippen LogP contribution in [0.2, 0.25) is 0 Å². The summed E-state index contributed by atoms with van der Waals surface area (Å²) in [5, 5.41) is 5.80. The van der Waals surface area contributed by atoms with Gasteiger partial charge < -0.3 is 15.2 Å². The van der Waals surface area contributed by atoms with Crippen LogP contribution in [0, 0.1) is 6.07 Å². The van der Waals surface area contributed by atoms with Crippen LogP contribution in [0.15, 0.2) is 41.3 Å². The molecule has 0 aliphatic rings. The molecular weight excluding hydrogens is 346 g/mol. The van der Waals surface area contributed by atoms with Gasteiger partial charge in [-0.3, -0.25) is 0 Å². The van der Waals surface area contributed by atoms with E-state index in [4.69, 9.17) is 0 Å². The Labute approximate surface area is 187 Å². The van der Waals surface area contributed by atoms with Gasteiger partial charge in [0.25, 0.3) is 0 Å². The fourth-order valence-corrected chi connectivity index (χ4v) is 2.62. The number of nitrogens with one attached hydrogen (secondary N) is 2. The van der Waals surface area contributed by atoms with Gasteiger partial charge in [0.05, 0.1) is 4.90 Å². The van der Waals surface area contributed by atoms with Crippen molar-refractivity contribution >= 4 is 33.6 Å². The predicted octanol–water partition coefficient (Wildman–Crippen LogP) is -3.35. The van der Waals surface area contributed by atoms with Crippen molar-refractivity contribution in [1.82, 2.24) is 0 Å². The van der Waals surface area contributed by atoms with E-state index < -0.39 is 10.1 Å². The number of benzene rings is 2. The van der Waals surface area contributed by atoms with Crippen molar-refractivity contribution in [2.75, 3.05) is 24.7 Å². The van der Waals surface area contributed by atoms with Gasteiger partial charge in [-0.2, -0.15) is 5.56 Å². The summed E-state index contributed by atoms with van der Waals surface area (Å²) >= 11 is 0. The van der Waals surface area contributed by atoms with E-state index in [-0.39, 0.29) is 64.0 Å². The standard InChI is InChI=1S/C16H17N2O3S.2Na/c1-17-14-8-4-12(5-9-14)3-6-13-7-10-15(18-2)11-16(13)22(19,20)21;;/h3-4,6-11,17-18H,1-2H3,(H,19,20,21);;/q-1;2*+1/p-1. The maximum atomic E-state index is 11.4. The summed E-state index contributed by atoms with van der Waals surface area (Å²) in [5.41, 5.74) is 2.63. The monoisotopic (exact) mass is 362 g/mol. The molecule has 0 fully saturated rings. The second-order valence-electron chi connectivity index (χ2n) is 4.57. The SMILES string of the molecule is CNc1c[c-]c(C=Cc2ccc(NC)cc2S(=O)(=O)[O-])cc1.[Na+].[Na+]. The first-order valence-corrected chi connectivity index (χ1v) is 8.00. The molecule has 24 heavy (non-hydrogen) atoms. The van der Waals surface area contributed by atoms with Crippen molar-refractivity contribution in [1.29, 1.82) is 0 Å². The van der Waals surface area contributed by atoms with Crippen LogP contribution in [0.25, 0.3) is 12.2 Å². The van der Waals surface area contributed by atoms with E-state index in [9.17, 15) is 13.0 Å². The van der Waals surface area contributed by atoms with E-state index in [0.717, 1.165) is 11.3 Å². The number of anilines is 2. The van der Waals surface area contributed by atoms with E-state index in [2.05, 4.69) is 16.7 Å². The Bertz CT molecular complexity index is 791. The molecule has 5 nitrogen and oxygen atoms in total. The summed E-state index contributed by atoms with van der Waals surface area (Å²) in [6.07, 6.45) is 3.30. The molecule has 0 aliphatic carbocycles. The molecule has 0 atom stereocenters. The minimum atomic E-state index is -4.54. The van der Waals surface area contributed by atoms with Gasteiger partial charge in [0, 0.05) is 12.7 Å². The quantitative estimate of drug-likeness (QED) is 0.252. The van der Waals surface area contributed by atoms with E-state index in [1.807, 2.05) is 19.2 Å². The molecule has 0 unspecified atom stereocenters. The zero-order chi connectivity index (χ0) is 16.2. The zero-order valence-corrected chi connectivity index (χ0v) is 19.1. The van der Waals surface area contributed by atoms with Crippen molar-refractivity contribution in [2.45, 2.75) is 4.90 Å². The smallest absolute Gasteiger partial charge is 0.744 e. The number of hydrogen-bond acceptors (Lipinski definition) is 5. The van der Waals surface area contributed by atoms with Gasteiger partial charge in [0.1, 0.15) is 10.1 Å². The summed E-state index contributed by atoms with van der Waals surface area (Å²) < 4.78 is 34.2. The van der Waals surface area contributed by atoms with Gasteiger partial charge in [-0.05, 0) is 30.4 Å². The first-order chi connectivity index (χ1) is 10.4. The van der Waals surface area contributed by atoms with Gasteiger partial charge in [-0.15, -0.1) is 30.3 Å². The van der Waals surface area contributed by atoms with Gasteiger partial charge in [-0.1, -0.05) is 12.1 Å². The Morgan fingerprint density at radius 1 is 1.00 bits per heavy atom. The number of hydrogen-bond donors (Lipinski definition) is 2. The third kappa shape index (κ3) is 6.54. The molecule has 0 radical (unpaired) electrons. The van der Waals surface area contributed by atoms with Gasteiger partial charge in [0.15, 0.2) is 0 Å². The summed E-state index contributed by atoms with van der Waals surface area (Å²) in [6.45, 7) is 0. The topological polar surface area (TPSA) is 81.3 Å². The molecule has 0 aromatic heterocycles. The van der Waals surface area contributed by atoms with Crippen molar-refractivity contribution < 1.29 is 72.1 Å². The van der Waals surface area contributed by atoms with E-state index in [1.165, 1.54) is 6.07 Å². The fourth-order valence-electron chi connectivity index (χ4n) is 1.92.